The first-order valence-electron chi connectivity index (χ1n) is 7.19. The maximum Gasteiger partial charge on any atom is 0.329 e. The third-order valence-electron chi connectivity index (χ3n) is 2.65. The van der Waals surface area contributed by atoms with Gasteiger partial charge in [0, 0.05) is 6.42 Å². The first-order chi connectivity index (χ1) is 8.67. The number of unbranched alkanes of at least 4 members (excludes halogenated alkanes) is 2. The van der Waals surface area contributed by atoms with Gasteiger partial charge in [0.1, 0.15) is 11.6 Å². The Morgan fingerprint density at radius 2 is 1.74 bits per heavy atom. The van der Waals surface area contributed by atoms with Crippen LogP contribution in [-0.4, -0.2) is 23.5 Å². The summed E-state index contributed by atoms with van der Waals surface area (Å²) in [4.78, 5) is 23.8. The predicted octanol–water partition coefficient (Wildman–Crippen LogP) is 3.05. The zero-order chi connectivity index (χ0) is 15.1. The summed E-state index contributed by atoms with van der Waals surface area (Å²) in [5.41, 5.74) is -0.531. The molecule has 0 saturated carbocycles. The van der Waals surface area contributed by atoms with E-state index in [1.54, 1.807) is 0 Å². The van der Waals surface area contributed by atoms with Crippen molar-refractivity contribution in [2.24, 2.45) is 5.92 Å². The standard InChI is InChI=1S/C15H29NO3/c1-7-8-9-10-12(17)16-13(11(2)3)14(18)19-15(4,5)6/h11,13H,7-10H2,1-6H3,(H,16,17)/t13-/m1/s1. The second-order valence-corrected chi connectivity index (χ2v) is 6.28. The molecule has 1 N–H and O–H groups in total. The van der Waals surface area contributed by atoms with E-state index < -0.39 is 11.6 Å². The number of rotatable bonds is 7. The largest absolute Gasteiger partial charge is 0.458 e. The summed E-state index contributed by atoms with van der Waals surface area (Å²) in [6, 6.07) is -0.562. The Balaban J connectivity index is 4.41. The summed E-state index contributed by atoms with van der Waals surface area (Å²) < 4.78 is 5.33. The van der Waals surface area contributed by atoms with E-state index >= 15 is 0 Å². The minimum Gasteiger partial charge on any atom is -0.458 e. The molecule has 19 heavy (non-hydrogen) atoms. The monoisotopic (exact) mass is 271 g/mol. The fourth-order valence-corrected chi connectivity index (χ4v) is 1.64. The second kappa shape index (κ2) is 8.18. The van der Waals surface area contributed by atoms with Crippen molar-refractivity contribution in [3.63, 3.8) is 0 Å². The van der Waals surface area contributed by atoms with Gasteiger partial charge in [-0.15, -0.1) is 0 Å². The molecule has 0 saturated heterocycles. The van der Waals surface area contributed by atoms with Crippen molar-refractivity contribution in [3.8, 4) is 0 Å². The van der Waals surface area contributed by atoms with Gasteiger partial charge < -0.3 is 10.1 Å². The molecule has 0 unspecified atom stereocenters. The molecular formula is C15H29NO3. The van der Waals surface area contributed by atoms with Crippen LogP contribution in [0.25, 0.3) is 0 Å². The zero-order valence-corrected chi connectivity index (χ0v) is 13.2. The average molecular weight is 271 g/mol. The highest BCUT2D eigenvalue weighted by Crippen LogP contribution is 2.12. The summed E-state index contributed by atoms with van der Waals surface area (Å²) in [5.74, 6) is -0.408. The lowest BCUT2D eigenvalue weighted by Crippen LogP contribution is -2.47. The van der Waals surface area contributed by atoms with Crippen LogP contribution in [0.3, 0.4) is 0 Å². The SMILES string of the molecule is CCCCCC(=O)N[C@@H](C(=O)OC(C)(C)C)C(C)C. The minimum atomic E-state index is -0.562. The third kappa shape index (κ3) is 8.62. The summed E-state index contributed by atoms with van der Waals surface area (Å²) in [6.45, 7) is 11.4. The average Bonchev–Trinajstić information content (AvgIpc) is 2.23. The number of carbonyl (C=O) groups is 2. The van der Waals surface area contributed by atoms with E-state index in [0.29, 0.717) is 6.42 Å². The lowest BCUT2D eigenvalue weighted by atomic mass is 10.0. The molecule has 0 aliphatic heterocycles. The number of hydrogen-bond donors (Lipinski definition) is 1. The van der Waals surface area contributed by atoms with Crippen molar-refractivity contribution in [2.75, 3.05) is 0 Å². The maximum atomic E-state index is 12.0. The van der Waals surface area contributed by atoms with E-state index in [-0.39, 0.29) is 17.8 Å². The normalized spacial score (nSPS) is 13.2. The predicted molar refractivity (Wildman–Crippen MR) is 76.8 cm³/mol. The van der Waals surface area contributed by atoms with Crippen LogP contribution in [0.15, 0.2) is 0 Å². The molecule has 0 aromatic carbocycles. The molecule has 0 rings (SSSR count). The smallest absolute Gasteiger partial charge is 0.329 e. The molecule has 0 heterocycles. The number of esters is 1. The van der Waals surface area contributed by atoms with Gasteiger partial charge in [-0.3, -0.25) is 4.79 Å². The van der Waals surface area contributed by atoms with Crippen LogP contribution >= 0.6 is 0 Å². The number of carbonyl (C=O) groups excluding carboxylic acids is 2. The summed E-state index contributed by atoms with van der Waals surface area (Å²) in [6.07, 6.45) is 3.44. The van der Waals surface area contributed by atoms with Gasteiger partial charge in [-0.1, -0.05) is 33.6 Å². The molecule has 0 aliphatic rings. The Morgan fingerprint density at radius 1 is 1.16 bits per heavy atom. The Morgan fingerprint density at radius 3 is 2.16 bits per heavy atom. The molecule has 0 spiro atoms. The Bertz CT molecular complexity index is 292. The van der Waals surface area contributed by atoms with Gasteiger partial charge in [-0.05, 0) is 33.1 Å². The number of hydrogen-bond acceptors (Lipinski definition) is 3. The highest BCUT2D eigenvalue weighted by atomic mass is 16.6. The fraction of sp³-hybridized carbons (Fsp3) is 0.867. The molecule has 0 bridgehead atoms. The van der Waals surface area contributed by atoms with Crippen molar-refractivity contribution in [1.29, 1.82) is 0 Å². The molecule has 4 nitrogen and oxygen atoms in total. The summed E-state index contributed by atoms with van der Waals surface area (Å²) >= 11 is 0. The molecule has 0 aliphatic carbocycles. The van der Waals surface area contributed by atoms with Crippen molar-refractivity contribution >= 4 is 11.9 Å². The first-order valence-corrected chi connectivity index (χ1v) is 7.19. The Labute approximate surface area is 117 Å². The van der Waals surface area contributed by atoms with Gasteiger partial charge in [0.05, 0.1) is 0 Å². The van der Waals surface area contributed by atoms with Gasteiger partial charge >= 0.3 is 5.97 Å². The van der Waals surface area contributed by atoms with Crippen molar-refractivity contribution in [1.82, 2.24) is 5.32 Å². The third-order valence-corrected chi connectivity index (χ3v) is 2.65. The van der Waals surface area contributed by atoms with Gasteiger partial charge in [-0.25, -0.2) is 4.79 Å². The highest BCUT2D eigenvalue weighted by Gasteiger charge is 2.28. The minimum absolute atomic E-state index is 0.0185. The van der Waals surface area contributed by atoms with E-state index in [0.717, 1.165) is 19.3 Å². The molecule has 0 aromatic rings. The lowest BCUT2D eigenvalue weighted by molar-refractivity contribution is -0.160. The quantitative estimate of drug-likeness (QED) is 0.572. The fourth-order valence-electron chi connectivity index (χ4n) is 1.64. The number of amides is 1. The van der Waals surface area contributed by atoms with Crippen LogP contribution in [0.4, 0.5) is 0 Å². The summed E-state index contributed by atoms with van der Waals surface area (Å²) in [7, 11) is 0. The van der Waals surface area contributed by atoms with Gasteiger partial charge in [0.15, 0.2) is 0 Å². The van der Waals surface area contributed by atoms with Crippen LogP contribution in [0.1, 0.15) is 67.2 Å². The molecule has 112 valence electrons. The molecule has 0 aromatic heterocycles. The number of ether oxygens (including phenoxy) is 1. The van der Waals surface area contributed by atoms with E-state index in [4.69, 9.17) is 4.74 Å². The first kappa shape index (κ1) is 17.9. The topological polar surface area (TPSA) is 55.4 Å². The Kier molecular flexibility index (Phi) is 7.72. The van der Waals surface area contributed by atoms with Crippen molar-refractivity contribution in [3.05, 3.63) is 0 Å². The second-order valence-electron chi connectivity index (χ2n) is 6.28. The van der Waals surface area contributed by atoms with E-state index in [2.05, 4.69) is 12.2 Å². The number of nitrogens with one attached hydrogen (secondary N) is 1. The van der Waals surface area contributed by atoms with Crippen LogP contribution in [-0.2, 0) is 14.3 Å². The van der Waals surface area contributed by atoms with Gasteiger partial charge in [0.25, 0.3) is 0 Å². The van der Waals surface area contributed by atoms with Crippen LogP contribution in [0.2, 0.25) is 0 Å². The van der Waals surface area contributed by atoms with E-state index in [1.807, 2.05) is 34.6 Å². The molecule has 0 fully saturated rings. The van der Waals surface area contributed by atoms with E-state index in [9.17, 15) is 9.59 Å². The van der Waals surface area contributed by atoms with Crippen molar-refractivity contribution in [2.45, 2.75) is 78.9 Å². The maximum absolute atomic E-state index is 12.0. The van der Waals surface area contributed by atoms with Crippen LogP contribution < -0.4 is 5.32 Å². The molecule has 1 atom stereocenters. The van der Waals surface area contributed by atoms with Crippen LogP contribution in [0, 0.1) is 5.92 Å². The van der Waals surface area contributed by atoms with E-state index in [1.165, 1.54) is 0 Å². The van der Waals surface area contributed by atoms with Gasteiger partial charge in [-0.2, -0.15) is 0 Å². The Hall–Kier alpha value is -1.06. The van der Waals surface area contributed by atoms with Crippen molar-refractivity contribution < 1.29 is 14.3 Å². The highest BCUT2D eigenvalue weighted by molar-refractivity contribution is 5.84. The summed E-state index contributed by atoms with van der Waals surface area (Å²) in [5, 5.41) is 2.78. The van der Waals surface area contributed by atoms with Gasteiger partial charge in [0.2, 0.25) is 5.91 Å². The molecular weight excluding hydrogens is 242 g/mol. The lowest BCUT2D eigenvalue weighted by Gasteiger charge is -2.26. The molecule has 1 amide bonds. The zero-order valence-electron chi connectivity index (χ0n) is 13.2. The molecule has 4 heteroatoms. The van der Waals surface area contributed by atoms with Crippen LogP contribution in [0.5, 0.6) is 0 Å². The molecule has 0 radical (unpaired) electrons.